The molecular formula is C14H20O3. The molecule has 0 unspecified atom stereocenters. The van der Waals surface area contributed by atoms with Crippen LogP contribution in [-0.4, -0.2) is 16.7 Å². The number of aliphatic hydroxyl groups is 1. The fraction of sp³-hybridized carbons (Fsp3) is 0.500. The van der Waals surface area contributed by atoms with Crippen LogP contribution in [0.2, 0.25) is 0 Å². The highest BCUT2D eigenvalue weighted by Crippen LogP contribution is 2.15. The van der Waals surface area contributed by atoms with Crippen LogP contribution in [0.1, 0.15) is 40.0 Å². The molecule has 3 heteroatoms. The third kappa shape index (κ3) is 5.95. The van der Waals surface area contributed by atoms with E-state index in [1.165, 1.54) is 0 Å². The summed E-state index contributed by atoms with van der Waals surface area (Å²) in [5.74, 6) is 0.151. The zero-order chi connectivity index (χ0) is 12.9. The van der Waals surface area contributed by atoms with Crippen LogP contribution in [0.4, 0.5) is 0 Å². The summed E-state index contributed by atoms with van der Waals surface area (Å²) in [6.07, 6.45) is 8.88. The lowest BCUT2D eigenvalue weighted by molar-refractivity contribution is -0.154. The number of hydrogen-bond donors (Lipinski definition) is 1. The number of allylic oxidation sites excluding steroid dienone is 5. The molecule has 17 heavy (non-hydrogen) atoms. The maximum atomic E-state index is 11.5. The highest BCUT2D eigenvalue weighted by atomic mass is 16.6. The van der Waals surface area contributed by atoms with E-state index >= 15 is 0 Å². The van der Waals surface area contributed by atoms with Gasteiger partial charge in [0.15, 0.2) is 0 Å². The molecule has 0 amide bonds. The molecule has 0 heterocycles. The lowest BCUT2D eigenvalue weighted by Crippen LogP contribution is -2.23. The van der Waals surface area contributed by atoms with Crippen molar-refractivity contribution in [1.29, 1.82) is 0 Å². The highest BCUT2D eigenvalue weighted by molar-refractivity contribution is 5.70. The number of carbonyl (C=O) groups is 1. The first-order chi connectivity index (χ1) is 7.87. The second-order valence-electron chi connectivity index (χ2n) is 5.09. The lowest BCUT2D eigenvalue weighted by atomic mass is 10.1. The quantitative estimate of drug-likeness (QED) is 0.763. The van der Waals surface area contributed by atoms with Crippen LogP contribution in [-0.2, 0) is 9.53 Å². The third-order valence-corrected chi connectivity index (χ3v) is 2.19. The van der Waals surface area contributed by atoms with Gasteiger partial charge in [-0.25, -0.2) is 0 Å². The van der Waals surface area contributed by atoms with Gasteiger partial charge >= 0.3 is 5.97 Å². The van der Waals surface area contributed by atoms with Gasteiger partial charge in [-0.15, -0.1) is 0 Å². The average molecular weight is 236 g/mol. The summed E-state index contributed by atoms with van der Waals surface area (Å²) in [6.45, 7) is 5.57. The fourth-order valence-corrected chi connectivity index (χ4v) is 1.46. The van der Waals surface area contributed by atoms with Crippen LogP contribution in [0.5, 0.6) is 0 Å². The zero-order valence-corrected chi connectivity index (χ0v) is 10.7. The van der Waals surface area contributed by atoms with Crippen LogP contribution >= 0.6 is 0 Å². The van der Waals surface area contributed by atoms with Gasteiger partial charge in [0.25, 0.3) is 0 Å². The summed E-state index contributed by atoms with van der Waals surface area (Å²) in [4.78, 5) is 11.5. The summed E-state index contributed by atoms with van der Waals surface area (Å²) >= 11 is 0. The van der Waals surface area contributed by atoms with Crippen LogP contribution in [0.3, 0.4) is 0 Å². The molecular weight excluding hydrogens is 216 g/mol. The lowest BCUT2D eigenvalue weighted by Gasteiger charge is -2.19. The molecule has 0 aromatic rings. The Kier molecular flexibility index (Phi) is 4.55. The van der Waals surface area contributed by atoms with Gasteiger partial charge in [-0.2, -0.15) is 0 Å². The van der Waals surface area contributed by atoms with E-state index < -0.39 is 5.60 Å². The summed E-state index contributed by atoms with van der Waals surface area (Å²) < 4.78 is 5.23. The Morgan fingerprint density at radius 1 is 1.41 bits per heavy atom. The summed E-state index contributed by atoms with van der Waals surface area (Å²) in [7, 11) is 0. The number of esters is 1. The molecule has 1 N–H and O–H groups in total. The molecule has 1 aliphatic carbocycles. The van der Waals surface area contributed by atoms with Crippen LogP contribution in [0.15, 0.2) is 35.6 Å². The summed E-state index contributed by atoms with van der Waals surface area (Å²) in [5, 5.41) is 9.31. The molecule has 0 saturated carbocycles. The molecule has 0 fully saturated rings. The van der Waals surface area contributed by atoms with Gasteiger partial charge in [0.05, 0.1) is 5.76 Å². The van der Waals surface area contributed by atoms with Gasteiger partial charge in [-0.1, -0.05) is 18.2 Å². The molecule has 1 rings (SSSR count). The standard InChI is InChI=1S/C14H20O3/c1-14(2,3)17-13(16)10-8-11-5-4-6-12(15)9-7-11/h4-5,7,9,15H,6,8,10H2,1-3H3. The predicted octanol–water partition coefficient (Wildman–Crippen LogP) is 3.44. The second-order valence-corrected chi connectivity index (χ2v) is 5.09. The van der Waals surface area contributed by atoms with Gasteiger partial charge in [-0.05, 0) is 38.8 Å². The van der Waals surface area contributed by atoms with Crippen molar-refractivity contribution in [3.05, 3.63) is 35.6 Å². The van der Waals surface area contributed by atoms with Crippen molar-refractivity contribution in [1.82, 2.24) is 0 Å². The zero-order valence-electron chi connectivity index (χ0n) is 10.7. The van der Waals surface area contributed by atoms with Crippen molar-refractivity contribution >= 4 is 5.97 Å². The van der Waals surface area contributed by atoms with E-state index in [-0.39, 0.29) is 5.97 Å². The van der Waals surface area contributed by atoms with E-state index in [4.69, 9.17) is 4.74 Å². The normalized spacial score (nSPS) is 15.9. The Labute approximate surface area is 102 Å². The van der Waals surface area contributed by atoms with E-state index in [9.17, 15) is 9.90 Å². The van der Waals surface area contributed by atoms with Crippen molar-refractivity contribution < 1.29 is 14.6 Å². The number of rotatable bonds is 3. The van der Waals surface area contributed by atoms with Gasteiger partial charge in [-0.3, -0.25) is 4.79 Å². The summed E-state index contributed by atoms with van der Waals surface area (Å²) in [6, 6.07) is 0. The van der Waals surface area contributed by atoms with Crippen molar-refractivity contribution in [3.8, 4) is 0 Å². The Balaban J connectivity index is 2.43. The first-order valence-corrected chi connectivity index (χ1v) is 5.84. The number of aliphatic hydroxyl groups excluding tert-OH is 1. The van der Waals surface area contributed by atoms with E-state index in [0.717, 1.165) is 5.57 Å². The number of hydrogen-bond acceptors (Lipinski definition) is 3. The molecule has 3 nitrogen and oxygen atoms in total. The van der Waals surface area contributed by atoms with E-state index in [1.807, 2.05) is 39.0 Å². The van der Waals surface area contributed by atoms with Crippen LogP contribution in [0.25, 0.3) is 0 Å². The minimum Gasteiger partial charge on any atom is -0.512 e. The first kappa shape index (κ1) is 13.6. The van der Waals surface area contributed by atoms with Gasteiger partial charge < -0.3 is 9.84 Å². The third-order valence-electron chi connectivity index (χ3n) is 2.19. The van der Waals surface area contributed by atoms with Crippen molar-refractivity contribution in [2.45, 2.75) is 45.6 Å². The molecule has 0 aromatic heterocycles. The monoisotopic (exact) mass is 236 g/mol. The predicted molar refractivity (Wildman–Crippen MR) is 67.6 cm³/mol. The van der Waals surface area contributed by atoms with Crippen molar-refractivity contribution in [3.63, 3.8) is 0 Å². The van der Waals surface area contributed by atoms with E-state index in [0.29, 0.717) is 25.0 Å². The Hall–Kier alpha value is -1.51. The van der Waals surface area contributed by atoms with Gasteiger partial charge in [0.2, 0.25) is 0 Å². The van der Waals surface area contributed by atoms with E-state index in [1.54, 1.807) is 6.08 Å². The molecule has 0 aliphatic heterocycles. The fourth-order valence-electron chi connectivity index (χ4n) is 1.46. The largest absolute Gasteiger partial charge is 0.512 e. The Morgan fingerprint density at radius 2 is 2.12 bits per heavy atom. The molecule has 0 saturated heterocycles. The van der Waals surface area contributed by atoms with Crippen molar-refractivity contribution in [2.75, 3.05) is 0 Å². The number of carbonyl (C=O) groups excluding carboxylic acids is 1. The Bertz CT molecular complexity index is 367. The van der Waals surface area contributed by atoms with E-state index in [2.05, 4.69) is 0 Å². The smallest absolute Gasteiger partial charge is 0.306 e. The van der Waals surface area contributed by atoms with Crippen LogP contribution < -0.4 is 0 Å². The topological polar surface area (TPSA) is 46.5 Å². The maximum absolute atomic E-state index is 11.5. The van der Waals surface area contributed by atoms with Gasteiger partial charge in [0, 0.05) is 12.8 Å². The SMILES string of the molecule is CC(C)(C)OC(=O)CCC1=CC=C(O)CC=C1. The average Bonchev–Trinajstić information content (AvgIpc) is 2.37. The summed E-state index contributed by atoms with van der Waals surface area (Å²) in [5.41, 5.74) is 0.600. The molecule has 94 valence electrons. The molecule has 0 bridgehead atoms. The minimum atomic E-state index is -0.428. The second kappa shape index (κ2) is 5.71. The van der Waals surface area contributed by atoms with Crippen LogP contribution in [0, 0.1) is 0 Å². The first-order valence-electron chi connectivity index (χ1n) is 5.84. The van der Waals surface area contributed by atoms with Crippen molar-refractivity contribution in [2.24, 2.45) is 0 Å². The molecule has 1 aliphatic rings. The Morgan fingerprint density at radius 3 is 2.76 bits per heavy atom. The highest BCUT2D eigenvalue weighted by Gasteiger charge is 2.15. The molecule has 0 radical (unpaired) electrons. The van der Waals surface area contributed by atoms with Gasteiger partial charge in [0.1, 0.15) is 5.60 Å². The molecule has 0 aromatic carbocycles. The maximum Gasteiger partial charge on any atom is 0.306 e. The molecule has 0 atom stereocenters. The minimum absolute atomic E-state index is 0.191. The molecule has 0 spiro atoms. The number of ether oxygens (including phenoxy) is 1.